The second-order valence-corrected chi connectivity index (χ2v) is 7.35. The molecular formula is C22H18FN3O2S. The lowest BCUT2D eigenvalue weighted by Gasteiger charge is -2.08. The molecule has 7 heteroatoms. The number of hydrogen-bond donors (Lipinski definition) is 1. The van der Waals surface area contributed by atoms with E-state index in [1.165, 1.54) is 17.9 Å². The number of rotatable bonds is 6. The largest absolute Gasteiger partial charge is 0.494 e. The van der Waals surface area contributed by atoms with Gasteiger partial charge in [0.1, 0.15) is 17.1 Å². The Bertz CT molecular complexity index is 1130. The summed E-state index contributed by atoms with van der Waals surface area (Å²) >= 11 is 1.59. The van der Waals surface area contributed by atoms with Crippen molar-refractivity contribution >= 4 is 11.8 Å². The van der Waals surface area contributed by atoms with E-state index in [1.54, 1.807) is 30.1 Å². The standard InChI is InChI=1S/C22H18FN3O2S/c1-28-20-7-4-6-18(23)22(20)26-13-19(24-25-26)17-5-2-3-8-21(17)29-16-11-9-15(14-27)10-12-16/h2-13,27H,14H2,1H3. The Balaban J connectivity index is 1.69. The predicted molar refractivity (Wildman–Crippen MR) is 110 cm³/mol. The minimum absolute atomic E-state index is 0.0180. The number of aliphatic hydroxyl groups is 1. The van der Waals surface area contributed by atoms with Crippen molar-refractivity contribution in [3.05, 3.63) is 84.3 Å². The zero-order valence-corrected chi connectivity index (χ0v) is 16.4. The Kier molecular flexibility index (Phi) is 5.59. The third-order valence-corrected chi connectivity index (χ3v) is 5.47. The van der Waals surface area contributed by atoms with Crippen LogP contribution in [0.2, 0.25) is 0 Å². The van der Waals surface area contributed by atoms with Gasteiger partial charge in [0, 0.05) is 15.4 Å². The van der Waals surface area contributed by atoms with Crippen LogP contribution in [0.25, 0.3) is 16.9 Å². The van der Waals surface area contributed by atoms with Gasteiger partial charge in [0.15, 0.2) is 5.82 Å². The van der Waals surface area contributed by atoms with Crippen molar-refractivity contribution in [2.45, 2.75) is 16.4 Å². The maximum atomic E-state index is 14.4. The molecule has 0 radical (unpaired) electrons. The van der Waals surface area contributed by atoms with E-state index in [2.05, 4.69) is 10.3 Å². The Morgan fingerprint density at radius 1 is 1.03 bits per heavy atom. The average molecular weight is 407 g/mol. The van der Waals surface area contributed by atoms with E-state index in [0.717, 1.165) is 20.9 Å². The number of halogens is 1. The third-order valence-electron chi connectivity index (χ3n) is 4.39. The zero-order chi connectivity index (χ0) is 20.2. The van der Waals surface area contributed by atoms with Gasteiger partial charge >= 0.3 is 0 Å². The van der Waals surface area contributed by atoms with Crippen molar-refractivity contribution in [2.24, 2.45) is 0 Å². The Labute approximate surface area is 171 Å². The molecule has 4 aromatic rings. The molecule has 0 bridgehead atoms. The molecule has 0 amide bonds. The molecule has 29 heavy (non-hydrogen) atoms. The molecule has 0 spiro atoms. The quantitative estimate of drug-likeness (QED) is 0.501. The minimum Gasteiger partial charge on any atom is -0.494 e. The Morgan fingerprint density at radius 3 is 2.59 bits per heavy atom. The summed E-state index contributed by atoms with van der Waals surface area (Å²) in [6.45, 7) is 0.0180. The molecule has 1 N–H and O–H groups in total. The first kappa shape index (κ1) is 19.2. The molecule has 0 fully saturated rings. The highest BCUT2D eigenvalue weighted by atomic mass is 32.2. The molecular weight excluding hydrogens is 389 g/mol. The van der Waals surface area contributed by atoms with Crippen LogP contribution in [0.5, 0.6) is 5.75 Å². The van der Waals surface area contributed by atoms with Gasteiger partial charge in [-0.3, -0.25) is 0 Å². The molecule has 146 valence electrons. The third kappa shape index (κ3) is 4.01. The van der Waals surface area contributed by atoms with Crippen LogP contribution in [0.15, 0.2) is 82.7 Å². The van der Waals surface area contributed by atoms with Crippen LogP contribution in [-0.4, -0.2) is 27.2 Å². The summed E-state index contributed by atoms with van der Waals surface area (Å²) < 4.78 is 21.0. The lowest BCUT2D eigenvalue weighted by atomic mass is 10.2. The van der Waals surface area contributed by atoms with E-state index in [9.17, 15) is 9.50 Å². The van der Waals surface area contributed by atoms with Gasteiger partial charge in [0.05, 0.1) is 19.9 Å². The Morgan fingerprint density at radius 2 is 1.83 bits per heavy atom. The van der Waals surface area contributed by atoms with E-state index in [4.69, 9.17) is 4.74 Å². The maximum Gasteiger partial charge on any atom is 0.152 e. The summed E-state index contributed by atoms with van der Waals surface area (Å²) in [6.07, 6.45) is 1.69. The highest BCUT2D eigenvalue weighted by Crippen LogP contribution is 2.36. The molecule has 1 aromatic heterocycles. The van der Waals surface area contributed by atoms with E-state index in [0.29, 0.717) is 11.4 Å². The predicted octanol–water partition coefficient (Wildman–Crippen LogP) is 4.73. The topological polar surface area (TPSA) is 60.2 Å². The van der Waals surface area contributed by atoms with Crippen molar-refractivity contribution in [1.82, 2.24) is 15.0 Å². The van der Waals surface area contributed by atoms with Crippen molar-refractivity contribution < 1.29 is 14.2 Å². The van der Waals surface area contributed by atoms with Gasteiger partial charge < -0.3 is 9.84 Å². The SMILES string of the molecule is COc1cccc(F)c1-n1cc(-c2ccccc2Sc2ccc(CO)cc2)nn1. The van der Waals surface area contributed by atoms with Gasteiger partial charge in [-0.15, -0.1) is 5.10 Å². The number of methoxy groups -OCH3 is 1. The monoisotopic (exact) mass is 407 g/mol. The molecule has 0 saturated carbocycles. The number of aromatic nitrogens is 3. The van der Waals surface area contributed by atoms with Crippen LogP contribution in [0, 0.1) is 5.82 Å². The van der Waals surface area contributed by atoms with Crippen LogP contribution in [0.4, 0.5) is 4.39 Å². The molecule has 0 atom stereocenters. The van der Waals surface area contributed by atoms with Crippen molar-refractivity contribution in [2.75, 3.05) is 7.11 Å². The Hall–Kier alpha value is -3.16. The summed E-state index contributed by atoms with van der Waals surface area (Å²) in [4.78, 5) is 2.04. The molecule has 0 aliphatic rings. The molecule has 1 heterocycles. The second-order valence-electron chi connectivity index (χ2n) is 6.24. The number of aliphatic hydroxyl groups excluding tert-OH is 1. The molecule has 4 rings (SSSR count). The fourth-order valence-electron chi connectivity index (χ4n) is 2.94. The van der Waals surface area contributed by atoms with Crippen molar-refractivity contribution in [3.63, 3.8) is 0 Å². The molecule has 0 aliphatic carbocycles. The summed E-state index contributed by atoms with van der Waals surface area (Å²) in [5.74, 6) is -0.0551. The normalized spacial score (nSPS) is 10.9. The van der Waals surface area contributed by atoms with Crippen molar-refractivity contribution in [3.8, 4) is 22.7 Å². The fourth-order valence-corrected chi connectivity index (χ4v) is 3.89. The van der Waals surface area contributed by atoms with Gasteiger partial charge in [-0.25, -0.2) is 9.07 Å². The van der Waals surface area contributed by atoms with E-state index >= 15 is 0 Å². The van der Waals surface area contributed by atoms with Gasteiger partial charge in [-0.2, -0.15) is 0 Å². The van der Waals surface area contributed by atoms with Crippen LogP contribution in [0.3, 0.4) is 0 Å². The van der Waals surface area contributed by atoms with Gasteiger partial charge in [-0.1, -0.05) is 53.4 Å². The van der Waals surface area contributed by atoms with E-state index in [-0.39, 0.29) is 12.3 Å². The average Bonchev–Trinajstić information content (AvgIpc) is 3.24. The summed E-state index contributed by atoms with van der Waals surface area (Å²) in [7, 11) is 1.49. The zero-order valence-electron chi connectivity index (χ0n) is 15.6. The van der Waals surface area contributed by atoms with Gasteiger partial charge in [-0.05, 0) is 35.9 Å². The lowest BCUT2D eigenvalue weighted by Crippen LogP contribution is -2.01. The molecule has 5 nitrogen and oxygen atoms in total. The number of para-hydroxylation sites is 1. The van der Waals surface area contributed by atoms with Gasteiger partial charge in [0.25, 0.3) is 0 Å². The van der Waals surface area contributed by atoms with Crippen molar-refractivity contribution in [1.29, 1.82) is 0 Å². The first-order chi connectivity index (χ1) is 14.2. The van der Waals surface area contributed by atoms with Crippen LogP contribution >= 0.6 is 11.8 Å². The van der Waals surface area contributed by atoms with E-state index < -0.39 is 5.82 Å². The smallest absolute Gasteiger partial charge is 0.152 e. The summed E-state index contributed by atoms with van der Waals surface area (Å²) in [5.41, 5.74) is 2.61. The fraction of sp³-hybridized carbons (Fsp3) is 0.0909. The maximum absolute atomic E-state index is 14.4. The number of hydrogen-bond acceptors (Lipinski definition) is 5. The first-order valence-corrected chi connectivity index (χ1v) is 9.73. The van der Waals surface area contributed by atoms with Crippen LogP contribution in [-0.2, 0) is 6.61 Å². The number of benzene rings is 3. The molecule has 0 unspecified atom stereocenters. The van der Waals surface area contributed by atoms with Crippen LogP contribution in [0.1, 0.15) is 5.56 Å². The number of nitrogens with zero attached hydrogens (tertiary/aromatic N) is 3. The highest BCUT2D eigenvalue weighted by Gasteiger charge is 2.16. The highest BCUT2D eigenvalue weighted by molar-refractivity contribution is 7.99. The van der Waals surface area contributed by atoms with Crippen LogP contribution < -0.4 is 4.74 Å². The summed E-state index contributed by atoms with van der Waals surface area (Å²) in [6, 6.07) is 20.2. The first-order valence-electron chi connectivity index (χ1n) is 8.92. The molecule has 3 aromatic carbocycles. The summed E-state index contributed by atoms with van der Waals surface area (Å²) in [5, 5.41) is 17.6. The van der Waals surface area contributed by atoms with Gasteiger partial charge in [0.2, 0.25) is 0 Å². The van der Waals surface area contributed by atoms with E-state index in [1.807, 2.05) is 48.5 Å². The lowest BCUT2D eigenvalue weighted by molar-refractivity contribution is 0.282. The molecule has 0 saturated heterocycles. The molecule has 0 aliphatic heterocycles. The second kappa shape index (κ2) is 8.46. The minimum atomic E-state index is -0.438. The number of ether oxygens (including phenoxy) is 1.